The molecule has 0 aromatic heterocycles. The fraction of sp³-hybridized carbons (Fsp3) is 0.933. The monoisotopic (exact) mass is 303 g/mol. The van der Waals surface area contributed by atoms with E-state index in [1.165, 1.54) is 19.3 Å². The van der Waals surface area contributed by atoms with Crippen LogP contribution in [-0.4, -0.2) is 54.5 Å². The molecule has 4 nitrogen and oxygen atoms in total. The van der Waals surface area contributed by atoms with E-state index in [2.05, 4.69) is 16.7 Å². The standard InChI is InChI=1S/C15H29N3O.ClH/c1-2-14-5-3-4-8-18(14)15(19)12-17-9-6-13(11-16)7-10-17;/h13-14H,2-12,16H2,1H3;1H. The maximum absolute atomic E-state index is 12.4. The summed E-state index contributed by atoms with van der Waals surface area (Å²) < 4.78 is 0. The summed E-state index contributed by atoms with van der Waals surface area (Å²) in [5.74, 6) is 1.02. The quantitative estimate of drug-likeness (QED) is 0.862. The van der Waals surface area contributed by atoms with Crippen LogP contribution in [0.4, 0.5) is 0 Å². The second-order valence-corrected chi connectivity index (χ2v) is 6.10. The molecule has 0 bridgehead atoms. The molecule has 0 radical (unpaired) electrons. The van der Waals surface area contributed by atoms with Gasteiger partial charge < -0.3 is 10.6 Å². The summed E-state index contributed by atoms with van der Waals surface area (Å²) in [6.45, 7) is 6.66. The Morgan fingerprint density at radius 3 is 2.45 bits per heavy atom. The third kappa shape index (κ3) is 4.61. The number of rotatable bonds is 4. The first-order valence-corrected chi connectivity index (χ1v) is 7.96. The summed E-state index contributed by atoms with van der Waals surface area (Å²) in [7, 11) is 0. The molecule has 0 spiro atoms. The zero-order valence-corrected chi connectivity index (χ0v) is 13.5. The molecule has 2 N–H and O–H groups in total. The van der Waals surface area contributed by atoms with E-state index in [0.717, 1.165) is 45.4 Å². The van der Waals surface area contributed by atoms with Crippen molar-refractivity contribution in [2.24, 2.45) is 11.7 Å². The van der Waals surface area contributed by atoms with E-state index in [1.54, 1.807) is 0 Å². The SMILES string of the molecule is CCC1CCCCN1C(=O)CN1CCC(CN)CC1.Cl. The molecule has 0 aliphatic carbocycles. The van der Waals surface area contributed by atoms with Gasteiger partial charge in [0.25, 0.3) is 0 Å². The summed E-state index contributed by atoms with van der Waals surface area (Å²) in [6.07, 6.45) is 7.06. The largest absolute Gasteiger partial charge is 0.339 e. The van der Waals surface area contributed by atoms with E-state index in [9.17, 15) is 4.79 Å². The number of amides is 1. The molecule has 1 atom stereocenters. The molecule has 2 aliphatic heterocycles. The molecule has 1 unspecified atom stereocenters. The Morgan fingerprint density at radius 2 is 1.85 bits per heavy atom. The average Bonchev–Trinajstić information content (AvgIpc) is 2.48. The number of piperidine rings is 2. The van der Waals surface area contributed by atoms with Gasteiger partial charge in [-0.15, -0.1) is 12.4 Å². The first-order chi connectivity index (χ1) is 9.24. The summed E-state index contributed by atoms with van der Waals surface area (Å²) in [4.78, 5) is 16.9. The van der Waals surface area contributed by atoms with Gasteiger partial charge in [0.1, 0.15) is 0 Å². The van der Waals surface area contributed by atoms with Gasteiger partial charge in [0.2, 0.25) is 5.91 Å². The molecule has 5 heteroatoms. The number of nitrogens with two attached hydrogens (primary N) is 1. The first kappa shape index (κ1) is 17.7. The Morgan fingerprint density at radius 1 is 1.15 bits per heavy atom. The van der Waals surface area contributed by atoms with Crippen LogP contribution in [0.25, 0.3) is 0 Å². The molecular weight excluding hydrogens is 274 g/mol. The molecule has 2 heterocycles. The average molecular weight is 304 g/mol. The maximum atomic E-state index is 12.4. The summed E-state index contributed by atoms with van der Waals surface area (Å²) in [5, 5.41) is 0. The number of halogens is 1. The van der Waals surface area contributed by atoms with Gasteiger partial charge in [0.15, 0.2) is 0 Å². The van der Waals surface area contributed by atoms with E-state index >= 15 is 0 Å². The van der Waals surface area contributed by atoms with Crippen molar-refractivity contribution < 1.29 is 4.79 Å². The van der Waals surface area contributed by atoms with Crippen molar-refractivity contribution in [3.05, 3.63) is 0 Å². The molecule has 2 fully saturated rings. The molecule has 20 heavy (non-hydrogen) atoms. The first-order valence-electron chi connectivity index (χ1n) is 7.96. The zero-order valence-electron chi connectivity index (χ0n) is 12.7. The van der Waals surface area contributed by atoms with Crippen molar-refractivity contribution in [3.63, 3.8) is 0 Å². The molecular formula is C15H30ClN3O. The van der Waals surface area contributed by atoms with Crippen molar-refractivity contribution in [1.82, 2.24) is 9.80 Å². The fourth-order valence-corrected chi connectivity index (χ4v) is 3.42. The summed E-state index contributed by atoms with van der Waals surface area (Å²) >= 11 is 0. The van der Waals surface area contributed by atoms with E-state index in [4.69, 9.17) is 5.73 Å². The van der Waals surface area contributed by atoms with E-state index in [1.807, 2.05) is 0 Å². The van der Waals surface area contributed by atoms with Crippen LogP contribution in [-0.2, 0) is 4.79 Å². The molecule has 2 aliphatic rings. The number of carbonyl (C=O) groups excluding carboxylic acids is 1. The number of hydrogen-bond acceptors (Lipinski definition) is 3. The van der Waals surface area contributed by atoms with Crippen LogP contribution in [0, 0.1) is 5.92 Å². The molecule has 0 saturated carbocycles. The Labute approximate surface area is 129 Å². The van der Waals surface area contributed by atoms with Crippen molar-refractivity contribution in [3.8, 4) is 0 Å². The van der Waals surface area contributed by atoms with E-state index < -0.39 is 0 Å². The molecule has 0 aromatic rings. The third-order valence-corrected chi connectivity index (χ3v) is 4.82. The van der Waals surface area contributed by atoms with Crippen LogP contribution >= 0.6 is 12.4 Å². The summed E-state index contributed by atoms with van der Waals surface area (Å²) in [5.41, 5.74) is 5.71. The number of nitrogens with zero attached hydrogens (tertiary/aromatic N) is 2. The third-order valence-electron chi connectivity index (χ3n) is 4.82. The zero-order chi connectivity index (χ0) is 13.7. The van der Waals surface area contributed by atoms with E-state index in [0.29, 0.717) is 24.4 Å². The van der Waals surface area contributed by atoms with Gasteiger partial charge in [-0.3, -0.25) is 9.69 Å². The second-order valence-electron chi connectivity index (χ2n) is 6.10. The van der Waals surface area contributed by atoms with Crippen LogP contribution in [0.15, 0.2) is 0 Å². The van der Waals surface area contributed by atoms with Crippen LogP contribution in [0.1, 0.15) is 45.4 Å². The highest BCUT2D eigenvalue weighted by atomic mass is 35.5. The van der Waals surface area contributed by atoms with Gasteiger partial charge in [0, 0.05) is 12.6 Å². The lowest BCUT2D eigenvalue weighted by Crippen LogP contribution is -2.49. The van der Waals surface area contributed by atoms with Crippen LogP contribution in [0.3, 0.4) is 0 Å². The predicted molar refractivity (Wildman–Crippen MR) is 85.1 cm³/mol. The van der Waals surface area contributed by atoms with Crippen molar-refractivity contribution in [2.45, 2.75) is 51.5 Å². The Balaban J connectivity index is 0.00000200. The Hall–Kier alpha value is -0.320. The van der Waals surface area contributed by atoms with Gasteiger partial charge in [-0.1, -0.05) is 6.92 Å². The van der Waals surface area contributed by atoms with Gasteiger partial charge in [-0.05, 0) is 64.1 Å². The lowest BCUT2D eigenvalue weighted by atomic mass is 9.97. The normalized spacial score (nSPS) is 25.3. The highest BCUT2D eigenvalue weighted by Gasteiger charge is 2.27. The van der Waals surface area contributed by atoms with Gasteiger partial charge in [-0.2, -0.15) is 0 Å². The second kappa shape index (κ2) is 8.85. The van der Waals surface area contributed by atoms with E-state index in [-0.39, 0.29) is 12.4 Å². The molecule has 118 valence electrons. The minimum atomic E-state index is 0. The van der Waals surface area contributed by atoms with Crippen molar-refractivity contribution in [1.29, 1.82) is 0 Å². The molecule has 2 saturated heterocycles. The van der Waals surface area contributed by atoms with Gasteiger partial charge >= 0.3 is 0 Å². The minimum absolute atomic E-state index is 0. The fourth-order valence-electron chi connectivity index (χ4n) is 3.42. The Kier molecular flexibility index (Phi) is 7.85. The van der Waals surface area contributed by atoms with Crippen molar-refractivity contribution >= 4 is 18.3 Å². The highest BCUT2D eigenvalue weighted by Crippen LogP contribution is 2.21. The minimum Gasteiger partial charge on any atom is -0.339 e. The molecule has 1 amide bonds. The number of hydrogen-bond donors (Lipinski definition) is 1. The maximum Gasteiger partial charge on any atom is 0.236 e. The van der Waals surface area contributed by atoms with Crippen LogP contribution in [0.2, 0.25) is 0 Å². The lowest BCUT2D eigenvalue weighted by Gasteiger charge is -2.38. The van der Waals surface area contributed by atoms with Crippen LogP contribution < -0.4 is 5.73 Å². The van der Waals surface area contributed by atoms with Gasteiger partial charge in [-0.25, -0.2) is 0 Å². The topological polar surface area (TPSA) is 49.6 Å². The Bertz CT molecular complexity index is 293. The number of likely N-dealkylation sites (tertiary alicyclic amines) is 2. The predicted octanol–water partition coefficient (Wildman–Crippen LogP) is 1.87. The van der Waals surface area contributed by atoms with Crippen LogP contribution in [0.5, 0.6) is 0 Å². The lowest BCUT2D eigenvalue weighted by molar-refractivity contribution is -0.136. The number of carbonyl (C=O) groups is 1. The smallest absolute Gasteiger partial charge is 0.236 e. The highest BCUT2D eigenvalue weighted by molar-refractivity contribution is 5.85. The van der Waals surface area contributed by atoms with Crippen molar-refractivity contribution in [2.75, 3.05) is 32.7 Å². The molecule has 0 aromatic carbocycles. The summed E-state index contributed by atoms with van der Waals surface area (Å²) in [6, 6.07) is 0.489. The molecule has 2 rings (SSSR count). The van der Waals surface area contributed by atoms with Gasteiger partial charge in [0.05, 0.1) is 6.54 Å².